The zero-order valence-corrected chi connectivity index (χ0v) is 13.5. The van der Waals surface area contributed by atoms with Crippen molar-refractivity contribution in [1.29, 1.82) is 0 Å². The van der Waals surface area contributed by atoms with Gasteiger partial charge in [-0.15, -0.1) is 0 Å². The highest BCUT2D eigenvalue weighted by Gasteiger charge is 2.38. The first-order valence-corrected chi connectivity index (χ1v) is 7.49. The summed E-state index contributed by atoms with van der Waals surface area (Å²) in [6, 6.07) is 10.7. The van der Waals surface area contributed by atoms with Crippen molar-refractivity contribution in [3.05, 3.63) is 63.6 Å². The first-order valence-electron chi connectivity index (χ1n) is 6.74. The molecule has 2 amide bonds. The van der Waals surface area contributed by atoms with Crippen LogP contribution in [0.5, 0.6) is 5.75 Å². The molecular weight excluding hydrogens is 357 g/mol. The first-order chi connectivity index (χ1) is 11.5. The van der Waals surface area contributed by atoms with Crippen molar-refractivity contribution in [3.63, 3.8) is 0 Å². The monoisotopic (exact) mass is 365 g/mol. The number of amides is 2. The Morgan fingerprint density at radius 2 is 1.62 bits per heavy atom. The van der Waals surface area contributed by atoms with Gasteiger partial charge in [0.25, 0.3) is 11.8 Å². The minimum Gasteiger partial charge on any atom is -0.480 e. The Kier molecular flexibility index (Phi) is 4.42. The van der Waals surface area contributed by atoms with Gasteiger partial charge in [-0.05, 0) is 24.3 Å². The zero-order valence-electron chi connectivity index (χ0n) is 12.0. The molecule has 3 rings (SSSR count). The number of rotatable bonds is 4. The molecule has 0 saturated carbocycles. The normalized spacial score (nSPS) is 13.0. The summed E-state index contributed by atoms with van der Waals surface area (Å²) < 4.78 is 5.20. The maximum absolute atomic E-state index is 12.1. The maximum atomic E-state index is 12.1. The molecule has 0 unspecified atom stereocenters. The highest BCUT2D eigenvalue weighted by molar-refractivity contribution is 6.34. The van der Waals surface area contributed by atoms with Crippen LogP contribution in [-0.4, -0.2) is 29.5 Å². The third kappa shape index (κ3) is 3.06. The number of nitrogens with zero attached hydrogens (tertiary/aromatic N) is 1. The van der Waals surface area contributed by atoms with Crippen LogP contribution in [0.1, 0.15) is 20.7 Å². The second kappa shape index (κ2) is 6.51. The number of hydrogen-bond acceptors (Lipinski definition) is 5. The van der Waals surface area contributed by atoms with Gasteiger partial charge in [-0.1, -0.05) is 40.4 Å². The highest BCUT2D eigenvalue weighted by atomic mass is 35.5. The molecule has 2 aromatic carbocycles. The minimum atomic E-state index is -0.930. The molecule has 1 aliphatic rings. The Labute approximate surface area is 146 Å². The van der Waals surface area contributed by atoms with Gasteiger partial charge in [-0.25, -0.2) is 4.79 Å². The van der Waals surface area contributed by atoms with E-state index >= 15 is 0 Å². The van der Waals surface area contributed by atoms with Gasteiger partial charge in [-0.2, -0.15) is 0 Å². The van der Waals surface area contributed by atoms with Crippen LogP contribution in [0.3, 0.4) is 0 Å². The molecule has 8 heteroatoms. The van der Waals surface area contributed by atoms with Crippen LogP contribution < -0.4 is 4.74 Å². The lowest BCUT2D eigenvalue weighted by Gasteiger charge is -2.13. The van der Waals surface area contributed by atoms with E-state index < -0.39 is 24.4 Å². The van der Waals surface area contributed by atoms with E-state index in [0.29, 0.717) is 10.1 Å². The fraction of sp³-hybridized carbons (Fsp3) is 0.0625. The number of hydrogen-bond donors (Lipinski definition) is 0. The van der Waals surface area contributed by atoms with Crippen LogP contribution in [0.2, 0.25) is 10.0 Å². The first kappa shape index (κ1) is 16.3. The van der Waals surface area contributed by atoms with Gasteiger partial charge >= 0.3 is 5.97 Å². The summed E-state index contributed by atoms with van der Waals surface area (Å²) in [4.78, 5) is 40.8. The van der Waals surface area contributed by atoms with E-state index in [-0.39, 0.29) is 21.9 Å². The summed E-state index contributed by atoms with van der Waals surface area (Å²) in [5.74, 6) is -2.15. The van der Waals surface area contributed by atoms with Crippen LogP contribution in [0, 0.1) is 0 Å². The smallest absolute Gasteiger partial charge is 0.370 e. The van der Waals surface area contributed by atoms with E-state index in [1.54, 1.807) is 18.2 Å². The molecule has 0 radical (unpaired) electrons. The predicted molar refractivity (Wildman–Crippen MR) is 85.0 cm³/mol. The van der Waals surface area contributed by atoms with Gasteiger partial charge in [0.05, 0.1) is 16.1 Å². The number of benzene rings is 2. The maximum Gasteiger partial charge on any atom is 0.370 e. The number of halogens is 2. The number of carbonyl (C=O) groups is 3. The summed E-state index contributed by atoms with van der Waals surface area (Å²) in [6.45, 7) is -0.548. The Balaban J connectivity index is 1.65. The van der Waals surface area contributed by atoms with E-state index in [0.717, 1.165) is 0 Å². The molecule has 0 fully saturated rings. The molecule has 0 N–H and O–H groups in total. The van der Waals surface area contributed by atoms with Crippen molar-refractivity contribution in [2.45, 2.75) is 0 Å². The van der Waals surface area contributed by atoms with Crippen molar-refractivity contribution < 1.29 is 24.0 Å². The molecular formula is C16H9Cl2NO5. The van der Waals surface area contributed by atoms with Crippen molar-refractivity contribution in [2.75, 3.05) is 6.61 Å². The van der Waals surface area contributed by atoms with Gasteiger partial charge in [0.1, 0.15) is 5.75 Å². The van der Waals surface area contributed by atoms with Crippen LogP contribution >= 0.6 is 23.2 Å². The van der Waals surface area contributed by atoms with E-state index in [4.69, 9.17) is 32.8 Å². The van der Waals surface area contributed by atoms with Gasteiger partial charge in [0.2, 0.25) is 0 Å². The van der Waals surface area contributed by atoms with E-state index in [2.05, 4.69) is 0 Å². The number of fused-ring (bicyclic) bond motifs is 1. The lowest BCUT2D eigenvalue weighted by atomic mass is 10.1. The third-order valence-electron chi connectivity index (χ3n) is 3.19. The fourth-order valence-electron chi connectivity index (χ4n) is 2.10. The SMILES string of the molecule is O=C(COc1cc(Cl)ccc1Cl)ON1C(=O)c2ccccc2C1=O. The lowest BCUT2D eigenvalue weighted by molar-refractivity contribution is -0.170. The Morgan fingerprint density at radius 1 is 1.00 bits per heavy atom. The quantitative estimate of drug-likeness (QED) is 0.778. The highest BCUT2D eigenvalue weighted by Crippen LogP contribution is 2.28. The van der Waals surface area contributed by atoms with E-state index in [1.807, 2.05) is 0 Å². The van der Waals surface area contributed by atoms with Gasteiger partial charge in [0.15, 0.2) is 6.61 Å². The van der Waals surface area contributed by atoms with Crippen LogP contribution in [0.15, 0.2) is 42.5 Å². The molecule has 1 aliphatic heterocycles. The van der Waals surface area contributed by atoms with Crippen molar-refractivity contribution >= 4 is 41.0 Å². The van der Waals surface area contributed by atoms with Crippen LogP contribution in [-0.2, 0) is 9.63 Å². The second-order valence-corrected chi connectivity index (χ2v) is 5.62. The standard InChI is InChI=1S/C16H9Cl2NO5/c17-9-5-6-12(18)13(7-9)23-8-14(20)24-19-15(21)10-3-1-2-4-11(10)16(19)22/h1-7H,8H2. The molecule has 1 heterocycles. The Morgan fingerprint density at radius 3 is 2.25 bits per heavy atom. The topological polar surface area (TPSA) is 72.9 Å². The molecule has 0 aromatic heterocycles. The minimum absolute atomic E-state index is 0.175. The Hall–Kier alpha value is -2.57. The summed E-state index contributed by atoms with van der Waals surface area (Å²) in [5.41, 5.74) is 0.350. The third-order valence-corrected chi connectivity index (χ3v) is 3.74. The average molecular weight is 366 g/mol. The van der Waals surface area contributed by atoms with Crippen LogP contribution in [0.25, 0.3) is 0 Å². The van der Waals surface area contributed by atoms with Crippen molar-refractivity contribution in [2.24, 2.45) is 0 Å². The largest absolute Gasteiger partial charge is 0.480 e. The summed E-state index contributed by atoms with van der Waals surface area (Å²) in [7, 11) is 0. The molecule has 0 aliphatic carbocycles. The summed E-state index contributed by atoms with van der Waals surface area (Å²) in [5, 5.41) is 1.05. The van der Waals surface area contributed by atoms with Crippen LogP contribution in [0.4, 0.5) is 0 Å². The van der Waals surface area contributed by atoms with E-state index in [9.17, 15) is 14.4 Å². The van der Waals surface area contributed by atoms with Gasteiger partial charge < -0.3 is 9.57 Å². The van der Waals surface area contributed by atoms with Crippen molar-refractivity contribution in [1.82, 2.24) is 5.06 Å². The zero-order chi connectivity index (χ0) is 17.3. The number of ether oxygens (including phenoxy) is 1. The predicted octanol–water partition coefficient (Wildman–Crippen LogP) is 3.13. The molecule has 122 valence electrons. The molecule has 2 aromatic rings. The summed E-state index contributed by atoms with van der Waals surface area (Å²) >= 11 is 11.7. The summed E-state index contributed by atoms with van der Waals surface area (Å²) in [6.07, 6.45) is 0. The molecule has 0 saturated heterocycles. The molecule has 6 nitrogen and oxygen atoms in total. The van der Waals surface area contributed by atoms with E-state index in [1.165, 1.54) is 24.3 Å². The number of imide groups is 1. The molecule has 24 heavy (non-hydrogen) atoms. The fourth-order valence-corrected chi connectivity index (χ4v) is 2.44. The number of carbonyl (C=O) groups excluding carboxylic acids is 3. The lowest BCUT2D eigenvalue weighted by Crippen LogP contribution is -2.34. The number of hydroxylamine groups is 2. The van der Waals surface area contributed by atoms with Gasteiger partial charge in [0, 0.05) is 11.1 Å². The molecule has 0 bridgehead atoms. The molecule has 0 spiro atoms. The Bertz CT molecular complexity index is 817. The van der Waals surface area contributed by atoms with Crippen molar-refractivity contribution in [3.8, 4) is 5.75 Å². The second-order valence-electron chi connectivity index (χ2n) is 4.78. The molecule has 0 atom stereocenters. The average Bonchev–Trinajstić information content (AvgIpc) is 2.81. The van der Waals surface area contributed by atoms with Gasteiger partial charge in [-0.3, -0.25) is 9.59 Å².